The van der Waals surface area contributed by atoms with Crippen molar-refractivity contribution in [3.8, 4) is 0 Å². The van der Waals surface area contributed by atoms with Crippen molar-refractivity contribution in [3.63, 3.8) is 0 Å². The molecule has 2 atom stereocenters. The lowest BCUT2D eigenvalue weighted by Gasteiger charge is -2.30. The van der Waals surface area contributed by atoms with E-state index in [1.807, 2.05) is 0 Å². The van der Waals surface area contributed by atoms with E-state index in [9.17, 15) is 0 Å². The number of nitrogens with zero attached hydrogens (tertiary/aromatic N) is 1. The molecule has 1 unspecified atom stereocenters. The minimum Gasteiger partial charge on any atom is -0.248 e. The molecule has 0 saturated heterocycles. The number of fused-ring (bicyclic) bond motifs is 4. The molecule has 1 heteroatoms. The van der Waals surface area contributed by atoms with Crippen molar-refractivity contribution in [3.05, 3.63) is 81.1 Å². The van der Waals surface area contributed by atoms with E-state index in [0.29, 0.717) is 11.8 Å². The molecule has 1 aromatic heterocycles. The quantitative estimate of drug-likeness (QED) is 0.462. The van der Waals surface area contributed by atoms with Crippen LogP contribution < -0.4 is 0 Å². The van der Waals surface area contributed by atoms with Crippen LogP contribution in [0.1, 0.15) is 84.9 Å². The Labute approximate surface area is 186 Å². The summed E-state index contributed by atoms with van der Waals surface area (Å²) in [5.74, 6) is 1.10. The number of hydrogen-bond acceptors (Lipinski definition) is 1. The molecule has 0 aliphatic heterocycles. The number of hydrogen-bond donors (Lipinski definition) is 0. The monoisotopic (exact) mass is 407 g/mol. The summed E-state index contributed by atoms with van der Waals surface area (Å²) < 4.78 is 0. The summed E-state index contributed by atoms with van der Waals surface area (Å²) in [7, 11) is 0. The molecule has 0 bridgehead atoms. The molecule has 1 nitrogen and oxygen atoms in total. The number of aryl methyl sites for hydroxylation is 2. The third kappa shape index (κ3) is 2.65. The van der Waals surface area contributed by atoms with Gasteiger partial charge in [0.05, 0.1) is 11.2 Å². The van der Waals surface area contributed by atoms with Gasteiger partial charge in [0.25, 0.3) is 0 Å². The summed E-state index contributed by atoms with van der Waals surface area (Å²) in [5, 5.41) is 1.50. The zero-order valence-corrected chi connectivity index (χ0v) is 19.3. The highest BCUT2D eigenvalue weighted by Crippen LogP contribution is 2.53. The molecule has 4 aliphatic carbocycles. The van der Waals surface area contributed by atoms with Crippen molar-refractivity contribution in [2.24, 2.45) is 5.92 Å². The van der Waals surface area contributed by atoms with Gasteiger partial charge in [-0.05, 0) is 121 Å². The first-order chi connectivity index (χ1) is 15.0. The number of rotatable bonds is 2. The minimum absolute atomic E-state index is 0.426. The third-order valence-corrected chi connectivity index (χ3v) is 8.61. The van der Waals surface area contributed by atoms with Gasteiger partial charge in [-0.2, -0.15) is 0 Å². The maximum atomic E-state index is 5.38. The van der Waals surface area contributed by atoms with E-state index in [1.165, 1.54) is 81.3 Å². The van der Waals surface area contributed by atoms with Gasteiger partial charge in [-0.3, -0.25) is 0 Å². The van der Waals surface area contributed by atoms with Crippen LogP contribution in [0.2, 0.25) is 0 Å². The summed E-state index contributed by atoms with van der Waals surface area (Å²) in [6.45, 7) is 15.8. The Morgan fingerprint density at radius 1 is 1.10 bits per heavy atom. The molecule has 31 heavy (non-hydrogen) atoms. The number of allylic oxidation sites excluding steroid dienone is 6. The lowest BCUT2D eigenvalue weighted by Crippen LogP contribution is -2.15. The first-order valence-corrected chi connectivity index (χ1v) is 12.2. The number of pyridine rings is 1. The molecular weight excluding hydrogens is 374 g/mol. The van der Waals surface area contributed by atoms with Gasteiger partial charge in [0.2, 0.25) is 0 Å². The zero-order chi connectivity index (χ0) is 21.4. The fourth-order valence-electron chi connectivity index (χ4n) is 6.92. The highest BCUT2D eigenvalue weighted by atomic mass is 14.7. The normalized spacial score (nSPS) is 24.3. The molecule has 1 aromatic carbocycles. The van der Waals surface area contributed by atoms with Gasteiger partial charge in [0, 0.05) is 11.3 Å². The first-order valence-electron chi connectivity index (χ1n) is 12.2. The van der Waals surface area contributed by atoms with E-state index in [1.54, 1.807) is 16.7 Å². The molecule has 0 fully saturated rings. The Kier molecular flexibility index (Phi) is 4.23. The molecular formula is C30H33N. The molecule has 0 radical (unpaired) electrons. The van der Waals surface area contributed by atoms with Crippen molar-refractivity contribution in [2.75, 3.05) is 0 Å². The van der Waals surface area contributed by atoms with E-state index < -0.39 is 0 Å². The van der Waals surface area contributed by atoms with Gasteiger partial charge in [-0.15, -0.1) is 0 Å². The second-order valence-electron chi connectivity index (χ2n) is 10.4. The van der Waals surface area contributed by atoms with E-state index in [4.69, 9.17) is 4.98 Å². The second kappa shape index (κ2) is 6.79. The molecule has 0 amide bonds. The average Bonchev–Trinajstić information content (AvgIpc) is 3.11. The highest BCUT2D eigenvalue weighted by Gasteiger charge is 2.39. The van der Waals surface area contributed by atoms with E-state index in [-0.39, 0.29) is 0 Å². The number of benzene rings is 1. The van der Waals surface area contributed by atoms with Crippen LogP contribution in [-0.4, -0.2) is 4.98 Å². The number of aromatic nitrogens is 1. The van der Waals surface area contributed by atoms with E-state index in [2.05, 4.69) is 46.1 Å². The molecule has 0 saturated carbocycles. The maximum Gasteiger partial charge on any atom is 0.0718 e. The lowest BCUT2D eigenvalue weighted by atomic mass is 9.74. The molecule has 2 aromatic rings. The first kappa shape index (κ1) is 19.3. The predicted octanol–water partition coefficient (Wildman–Crippen LogP) is 7.84. The van der Waals surface area contributed by atoms with Crippen LogP contribution >= 0.6 is 0 Å². The van der Waals surface area contributed by atoms with Crippen LogP contribution in [0.5, 0.6) is 0 Å². The van der Waals surface area contributed by atoms with Gasteiger partial charge in [-0.25, -0.2) is 4.98 Å². The van der Waals surface area contributed by atoms with E-state index in [0.717, 1.165) is 25.7 Å². The second-order valence-corrected chi connectivity index (χ2v) is 10.4. The van der Waals surface area contributed by atoms with Crippen LogP contribution in [0.4, 0.5) is 0 Å². The molecule has 1 heterocycles. The Hall–Kier alpha value is -2.41. The summed E-state index contributed by atoms with van der Waals surface area (Å²) >= 11 is 0. The summed E-state index contributed by atoms with van der Waals surface area (Å²) in [6.07, 6.45) is 11.9. The minimum atomic E-state index is 0.426. The van der Waals surface area contributed by atoms with Crippen LogP contribution in [0, 0.1) is 19.8 Å². The zero-order valence-electron chi connectivity index (χ0n) is 19.3. The van der Waals surface area contributed by atoms with Crippen LogP contribution in [-0.2, 0) is 12.8 Å². The Morgan fingerprint density at radius 2 is 1.94 bits per heavy atom. The Balaban J connectivity index is 1.63. The van der Waals surface area contributed by atoms with Crippen molar-refractivity contribution < 1.29 is 0 Å². The van der Waals surface area contributed by atoms with Crippen molar-refractivity contribution >= 4 is 16.5 Å². The average molecular weight is 408 g/mol. The molecule has 158 valence electrons. The summed E-state index contributed by atoms with van der Waals surface area (Å²) in [6, 6.07) is 2.35. The third-order valence-electron chi connectivity index (χ3n) is 8.61. The molecule has 4 aliphatic rings. The van der Waals surface area contributed by atoms with Gasteiger partial charge in [0.15, 0.2) is 0 Å². The largest absolute Gasteiger partial charge is 0.248 e. The lowest BCUT2D eigenvalue weighted by molar-refractivity contribution is 0.556. The predicted molar refractivity (Wildman–Crippen MR) is 132 cm³/mol. The fourth-order valence-corrected chi connectivity index (χ4v) is 6.92. The fraction of sp³-hybridized carbons (Fsp3) is 0.433. The van der Waals surface area contributed by atoms with Crippen molar-refractivity contribution in [1.29, 1.82) is 0 Å². The maximum absolute atomic E-state index is 5.38. The molecule has 0 N–H and O–H groups in total. The topological polar surface area (TPSA) is 12.9 Å². The van der Waals surface area contributed by atoms with E-state index >= 15 is 0 Å². The van der Waals surface area contributed by atoms with Gasteiger partial charge >= 0.3 is 0 Å². The molecule has 0 spiro atoms. The summed E-state index contributed by atoms with van der Waals surface area (Å²) in [5.41, 5.74) is 17.3. The van der Waals surface area contributed by atoms with Crippen molar-refractivity contribution in [2.45, 2.75) is 78.1 Å². The summed E-state index contributed by atoms with van der Waals surface area (Å²) in [4.78, 5) is 5.38. The van der Waals surface area contributed by atoms with Gasteiger partial charge in [0.1, 0.15) is 0 Å². The highest BCUT2D eigenvalue weighted by molar-refractivity contribution is 5.94. The van der Waals surface area contributed by atoms with Crippen LogP contribution in [0.25, 0.3) is 16.5 Å². The Morgan fingerprint density at radius 3 is 2.74 bits per heavy atom. The standard InChI is InChI=1S/C30H33N/c1-6-7-20-9-11-23-18(4)17(3)13-27-29(23)28(20)26-15-24-19(5)22-10-8-16(2)12-21(22)14-25(24)30(26)31-27/h13-14,20,24H,2,5-12,15H2,1,3-4H3/t20-,24?/m0/s1. The van der Waals surface area contributed by atoms with Crippen molar-refractivity contribution in [1.82, 2.24) is 4.98 Å². The Bertz CT molecular complexity index is 1250. The van der Waals surface area contributed by atoms with Crippen LogP contribution in [0.15, 0.2) is 47.6 Å². The van der Waals surface area contributed by atoms with Gasteiger partial charge < -0.3 is 0 Å². The smallest absolute Gasteiger partial charge is 0.0718 e. The van der Waals surface area contributed by atoms with Crippen LogP contribution in [0.3, 0.4) is 0 Å². The van der Waals surface area contributed by atoms with Gasteiger partial charge in [-0.1, -0.05) is 38.2 Å². The molecule has 6 rings (SSSR count). The SMILES string of the molecule is C=C1CCC2=C(C=C3c4nc5cc(C)c(C)c6c5c(c4CC3C2=C)[C@@H](CCC)CC6)C1.